The van der Waals surface area contributed by atoms with Crippen molar-refractivity contribution in [2.45, 2.75) is 13.0 Å². The molecular formula is C14H12BrClN2O3. The summed E-state index contributed by atoms with van der Waals surface area (Å²) in [5, 5.41) is 10.9. The largest absolute Gasteiger partial charge is 0.455 e. The Labute approximate surface area is 134 Å². The second-order valence-electron chi connectivity index (χ2n) is 4.44. The number of nitrogens with zero attached hydrogens (tertiary/aromatic N) is 1. The normalized spacial score (nSPS) is 12.0. The topological polar surface area (TPSA) is 78.4 Å². The van der Waals surface area contributed by atoms with E-state index in [0.717, 1.165) is 10.0 Å². The minimum Gasteiger partial charge on any atom is -0.455 e. The zero-order chi connectivity index (χ0) is 15.6. The lowest BCUT2D eigenvalue weighted by atomic mass is 10.1. The Kier molecular flexibility index (Phi) is 4.82. The Bertz CT molecular complexity index is 692. The highest BCUT2D eigenvalue weighted by atomic mass is 79.9. The average Bonchev–Trinajstić information content (AvgIpc) is 2.42. The Balaban J connectivity index is 2.36. The molecule has 0 aromatic heterocycles. The second kappa shape index (κ2) is 6.43. The molecule has 1 atom stereocenters. The number of hydrogen-bond donors (Lipinski definition) is 1. The van der Waals surface area contributed by atoms with Crippen LogP contribution >= 0.6 is 27.5 Å². The maximum atomic E-state index is 10.7. The predicted molar refractivity (Wildman–Crippen MR) is 84.9 cm³/mol. The number of nitrogens with two attached hydrogens (primary N) is 1. The highest BCUT2D eigenvalue weighted by Gasteiger charge is 2.14. The fourth-order valence-corrected chi connectivity index (χ4v) is 2.36. The van der Waals surface area contributed by atoms with E-state index in [9.17, 15) is 10.1 Å². The van der Waals surface area contributed by atoms with Crippen LogP contribution in [0.2, 0.25) is 5.02 Å². The molecule has 0 bridgehead atoms. The molecule has 2 aromatic carbocycles. The average molecular weight is 372 g/mol. The van der Waals surface area contributed by atoms with E-state index in [1.165, 1.54) is 18.2 Å². The first-order chi connectivity index (χ1) is 9.88. The summed E-state index contributed by atoms with van der Waals surface area (Å²) in [6, 6.07) is 9.27. The van der Waals surface area contributed by atoms with Crippen molar-refractivity contribution >= 4 is 33.2 Å². The molecule has 1 unspecified atom stereocenters. The Morgan fingerprint density at radius 3 is 2.52 bits per heavy atom. The van der Waals surface area contributed by atoms with Crippen LogP contribution in [0.5, 0.6) is 11.5 Å². The van der Waals surface area contributed by atoms with Gasteiger partial charge in [0.05, 0.1) is 9.95 Å². The number of ether oxygens (including phenoxy) is 1. The molecule has 110 valence electrons. The quantitative estimate of drug-likeness (QED) is 0.617. The van der Waals surface area contributed by atoms with E-state index >= 15 is 0 Å². The van der Waals surface area contributed by atoms with Gasteiger partial charge in [-0.2, -0.15) is 0 Å². The molecule has 5 nitrogen and oxygen atoms in total. The Morgan fingerprint density at radius 2 is 1.95 bits per heavy atom. The summed E-state index contributed by atoms with van der Waals surface area (Å²) in [6.07, 6.45) is 0. The smallest absolute Gasteiger partial charge is 0.271 e. The van der Waals surface area contributed by atoms with Crippen molar-refractivity contribution in [1.82, 2.24) is 0 Å². The monoisotopic (exact) mass is 370 g/mol. The summed E-state index contributed by atoms with van der Waals surface area (Å²) >= 11 is 9.39. The molecule has 0 aliphatic carbocycles. The molecule has 2 N–H and O–H groups in total. The molecule has 21 heavy (non-hydrogen) atoms. The van der Waals surface area contributed by atoms with E-state index in [4.69, 9.17) is 22.1 Å². The van der Waals surface area contributed by atoms with Gasteiger partial charge in [-0.25, -0.2) is 0 Å². The third kappa shape index (κ3) is 3.72. The summed E-state index contributed by atoms with van der Waals surface area (Å²) in [5.74, 6) is 0.899. The SMILES string of the molecule is CC(N)c1cc(Br)ccc1Oc1ccc([N+](=O)[O-])cc1Cl. The molecule has 0 radical (unpaired) electrons. The molecule has 0 saturated heterocycles. The molecule has 0 heterocycles. The van der Waals surface area contributed by atoms with Gasteiger partial charge in [-0.3, -0.25) is 10.1 Å². The standard InChI is InChI=1S/C14H12BrClN2O3/c1-8(17)11-6-9(15)2-4-13(11)21-14-5-3-10(18(19)20)7-12(14)16/h2-8H,17H2,1H3. The lowest BCUT2D eigenvalue weighted by Crippen LogP contribution is -2.06. The maximum Gasteiger partial charge on any atom is 0.271 e. The van der Waals surface area contributed by atoms with E-state index in [-0.39, 0.29) is 16.8 Å². The van der Waals surface area contributed by atoms with Gasteiger partial charge in [0.1, 0.15) is 11.5 Å². The third-order valence-electron chi connectivity index (χ3n) is 2.81. The zero-order valence-corrected chi connectivity index (χ0v) is 13.4. The molecule has 0 aliphatic heterocycles. The molecule has 0 fully saturated rings. The van der Waals surface area contributed by atoms with E-state index in [1.54, 1.807) is 6.07 Å². The lowest BCUT2D eigenvalue weighted by molar-refractivity contribution is -0.384. The number of rotatable bonds is 4. The third-order valence-corrected chi connectivity index (χ3v) is 3.60. The molecule has 2 aromatic rings. The van der Waals surface area contributed by atoms with Crippen LogP contribution in [0.1, 0.15) is 18.5 Å². The zero-order valence-electron chi connectivity index (χ0n) is 11.0. The van der Waals surface area contributed by atoms with Gasteiger partial charge >= 0.3 is 0 Å². The number of halogens is 2. The number of nitro benzene ring substituents is 1. The highest BCUT2D eigenvalue weighted by Crippen LogP contribution is 2.36. The van der Waals surface area contributed by atoms with Crippen molar-refractivity contribution in [1.29, 1.82) is 0 Å². The van der Waals surface area contributed by atoms with Crippen molar-refractivity contribution in [2.75, 3.05) is 0 Å². The first-order valence-corrected chi connectivity index (χ1v) is 7.22. The van der Waals surface area contributed by atoms with Crippen molar-refractivity contribution in [2.24, 2.45) is 5.73 Å². The molecule has 0 spiro atoms. The highest BCUT2D eigenvalue weighted by molar-refractivity contribution is 9.10. The van der Waals surface area contributed by atoms with E-state index in [0.29, 0.717) is 11.5 Å². The number of benzene rings is 2. The molecule has 2 rings (SSSR count). The Morgan fingerprint density at radius 1 is 1.29 bits per heavy atom. The van der Waals surface area contributed by atoms with Gasteiger partial charge in [0.2, 0.25) is 0 Å². The molecule has 0 aliphatic rings. The summed E-state index contributed by atoms with van der Waals surface area (Å²) in [4.78, 5) is 10.2. The van der Waals surface area contributed by atoms with E-state index in [2.05, 4.69) is 15.9 Å². The van der Waals surface area contributed by atoms with Gasteiger partial charge < -0.3 is 10.5 Å². The minimum absolute atomic E-state index is 0.0874. The number of hydrogen-bond acceptors (Lipinski definition) is 4. The maximum absolute atomic E-state index is 10.7. The van der Waals surface area contributed by atoms with Crippen LogP contribution in [-0.4, -0.2) is 4.92 Å². The number of nitro groups is 1. The van der Waals surface area contributed by atoms with Gasteiger partial charge in [0, 0.05) is 28.2 Å². The first kappa shape index (κ1) is 15.8. The van der Waals surface area contributed by atoms with Crippen LogP contribution < -0.4 is 10.5 Å². The summed E-state index contributed by atoms with van der Waals surface area (Å²) in [7, 11) is 0. The second-order valence-corrected chi connectivity index (χ2v) is 5.77. The minimum atomic E-state index is -0.511. The fraction of sp³-hybridized carbons (Fsp3) is 0.143. The molecule has 7 heteroatoms. The lowest BCUT2D eigenvalue weighted by Gasteiger charge is -2.15. The van der Waals surface area contributed by atoms with Crippen molar-refractivity contribution in [3.05, 3.63) is 61.6 Å². The van der Waals surface area contributed by atoms with Gasteiger partial charge in [-0.1, -0.05) is 27.5 Å². The molecule has 0 saturated carbocycles. The summed E-state index contributed by atoms with van der Waals surface area (Å²) < 4.78 is 6.62. The van der Waals surface area contributed by atoms with Crippen molar-refractivity contribution < 1.29 is 9.66 Å². The van der Waals surface area contributed by atoms with Gasteiger partial charge in [-0.15, -0.1) is 0 Å². The van der Waals surface area contributed by atoms with Crippen LogP contribution in [0.4, 0.5) is 5.69 Å². The van der Waals surface area contributed by atoms with Crippen LogP contribution in [0.15, 0.2) is 40.9 Å². The van der Waals surface area contributed by atoms with Crippen molar-refractivity contribution in [3.63, 3.8) is 0 Å². The van der Waals surface area contributed by atoms with Crippen molar-refractivity contribution in [3.8, 4) is 11.5 Å². The molecule has 0 amide bonds. The van der Waals surface area contributed by atoms with Crippen LogP contribution in [-0.2, 0) is 0 Å². The van der Waals surface area contributed by atoms with Crippen LogP contribution in [0, 0.1) is 10.1 Å². The van der Waals surface area contributed by atoms with E-state index in [1.807, 2.05) is 19.1 Å². The number of non-ortho nitro benzene ring substituents is 1. The Hall–Kier alpha value is -1.63. The summed E-state index contributed by atoms with van der Waals surface area (Å²) in [6.45, 7) is 1.84. The summed E-state index contributed by atoms with van der Waals surface area (Å²) in [5.41, 5.74) is 6.63. The van der Waals surface area contributed by atoms with Crippen LogP contribution in [0.3, 0.4) is 0 Å². The van der Waals surface area contributed by atoms with E-state index < -0.39 is 4.92 Å². The molecular weight excluding hydrogens is 360 g/mol. The first-order valence-electron chi connectivity index (χ1n) is 6.05. The van der Waals surface area contributed by atoms with Crippen LogP contribution in [0.25, 0.3) is 0 Å². The fourth-order valence-electron chi connectivity index (χ4n) is 1.77. The van der Waals surface area contributed by atoms with Gasteiger partial charge in [-0.05, 0) is 31.2 Å². The predicted octanol–water partition coefficient (Wildman–Crippen LogP) is 4.82. The van der Waals surface area contributed by atoms with Gasteiger partial charge in [0.25, 0.3) is 5.69 Å². The van der Waals surface area contributed by atoms with Gasteiger partial charge in [0.15, 0.2) is 0 Å².